The summed E-state index contributed by atoms with van der Waals surface area (Å²) in [7, 11) is 1.66. The first-order chi connectivity index (χ1) is 17.0. The molecule has 35 heavy (non-hydrogen) atoms. The van der Waals surface area contributed by atoms with E-state index in [1.54, 1.807) is 7.11 Å². The summed E-state index contributed by atoms with van der Waals surface area (Å²) in [4.78, 5) is 37.0. The van der Waals surface area contributed by atoms with Gasteiger partial charge in [-0.05, 0) is 42.7 Å². The van der Waals surface area contributed by atoms with E-state index < -0.39 is 5.54 Å². The highest BCUT2D eigenvalue weighted by molar-refractivity contribution is 6.08. The molecule has 6 rings (SSSR count). The van der Waals surface area contributed by atoms with Crippen molar-refractivity contribution in [1.82, 2.24) is 19.7 Å². The number of H-pyrrole nitrogens is 1. The lowest BCUT2D eigenvalue weighted by Crippen LogP contribution is -2.53. The number of nitrogens with zero attached hydrogens (tertiary/aromatic N) is 3. The van der Waals surface area contributed by atoms with Gasteiger partial charge in [0.2, 0.25) is 0 Å². The Morgan fingerprint density at radius 1 is 1.09 bits per heavy atom. The van der Waals surface area contributed by atoms with Crippen LogP contribution in [-0.4, -0.2) is 70.4 Å². The molecule has 0 spiro atoms. The number of amides is 3. The fraction of sp³-hybridized carbons (Fsp3) is 0.357. The van der Waals surface area contributed by atoms with Gasteiger partial charge < -0.3 is 9.72 Å². The zero-order valence-corrected chi connectivity index (χ0v) is 20.2. The van der Waals surface area contributed by atoms with Crippen LogP contribution in [0.15, 0.2) is 60.7 Å². The number of rotatable bonds is 5. The summed E-state index contributed by atoms with van der Waals surface area (Å²) in [5.41, 5.74) is 3.07. The van der Waals surface area contributed by atoms with E-state index in [1.165, 1.54) is 4.90 Å². The van der Waals surface area contributed by atoms with Gasteiger partial charge in [-0.1, -0.05) is 42.5 Å². The summed E-state index contributed by atoms with van der Waals surface area (Å²) in [5, 5.41) is 1.04. The van der Waals surface area contributed by atoms with Crippen molar-refractivity contribution >= 4 is 22.8 Å². The summed E-state index contributed by atoms with van der Waals surface area (Å²) >= 11 is 0. The molecule has 3 aliphatic rings. The minimum absolute atomic E-state index is 0.112. The highest BCUT2D eigenvalue weighted by Crippen LogP contribution is 2.48. The molecule has 1 N–H and O–H groups in total. The van der Waals surface area contributed by atoms with Gasteiger partial charge in [-0.2, -0.15) is 0 Å². The van der Waals surface area contributed by atoms with Gasteiger partial charge in [0.1, 0.15) is 17.3 Å². The number of benzene rings is 2. The van der Waals surface area contributed by atoms with Crippen LogP contribution in [0.1, 0.15) is 36.2 Å². The van der Waals surface area contributed by atoms with E-state index in [4.69, 9.17) is 4.74 Å². The number of hydrogen-bond acceptors (Lipinski definition) is 4. The van der Waals surface area contributed by atoms with Gasteiger partial charge >= 0.3 is 6.03 Å². The first kappa shape index (κ1) is 21.9. The highest BCUT2D eigenvalue weighted by Gasteiger charge is 2.60. The summed E-state index contributed by atoms with van der Waals surface area (Å²) in [6, 6.07) is 15.4. The van der Waals surface area contributed by atoms with Gasteiger partial charge in [-0.3, -0.25) is 19.5 Å². The van der Waals surface area contributed by atoms with Crippen LogP contribution in [0, 0.1) is 0 Å². The first-order valence-corrected chi connectivity index (χ1v) is 12.3. The van der Waals surface area contributed by atoms with Gasteiger partial charge in [0.25, 0.3) is 5.91 Å². The first-order valence-electron chi connectivity index (χ1n) is 12.3. The molecular formula is C28H30N4O3. The minimum Gasteiger partial charge on any atom is -0.497 e. The molecule has 4 heterocycles. The fourth-order valence-electron chi connectivity index (χ4n) is 5.93. The molecule has 1 fully saturated rings. The van der Waals surface area contributed by atoms with E-state index in [1.807, 2.05) is 60.4 Å². The van der Waals surface area contributed by atoms with Gasteiger partial charge in [-0.15, -0.1) is 0 Å². The largest absolute Gasteiger partial charge is 0.497 e. The van der Waals surface area contributed by atoms with Crippen LogP contribution in [0.4, 0.5) is 4.79 Å². The number of carbonyl (C=O) groups excluding carboxylic acids is 2. The van der Waals surface area contributed by atoms with Crippen LogP contribution < -0.4 is 4.74 Å². The standard InChI is InChI=1S/C28H30N4O3/c1-28-18-22-21-17-20(35-2)11-12-23(21)29-24(22)25(19-9-5-3-6-10-19)32(28)27(34)31(26(28)33)16-15-30-13-7-4-8-14-30/h3-7,9-12,17,25,29H,8,13-16,18H2,1-2H3/t25-,28+/m1/s1. The summed E-state index contributed by atoms with van der Waals surface area (Å²) in [6.45, 7) is 4.84. The average Bonchev–Trinajstić information content (AvgIpc) is 3.33. The molecule has 1 aromatic heterocycles. The summed E-state index contributed by atoms with van der Waals surface area (Å²) in [6.07, 6.45) is 5.81. The van der Waals surface area contributed by atoms with Crippen LogP contribution in [0.2, 0.25) is 0 Å². The van der Waals surface area contributed by atoms with Crippen LogP contribution in [0.5, 0.6) is 5.75 Å². The Bertz CT molecular complexity index is 1330. The molecule has 0 saturated carbocycles. The molecule has 3 amide bonds. The Kier molecular flexibility index (Phi) is 5.18. The average molecular weight is 471 g/mol. The van der Waals surface area contributed by atoms with Crippen molar-refractivity contribution in [2.24, 2.45) is 0 Å². The predicted molar refractivity (Wildman–Crippen MR) is 134 cm³/mol. The molecule has 0 aliphatic carbocycles. The lowest BCUT2D eigenvalue weighted by atomic mass is 9.81. The Balaban J connectivity index is 1.44. The molecule has 3 aliphatic heterocycles. The third-order valence-corrected chi connectivity index (χ3v) is 7.77. The van der Waals surface area contributed by atoms with Crippen LogP contribution in [0.3, 0.4) is 0 Å². The van der Waals surface area contributed by atoms with Gasteiger partial charge in [-0.25, -0.2) is 4.79 Å². The third-order valence-electron chi connectivity index (χ3n) is 7.77. The van der Waals surface area contributed by atoms with E-state index in [2.05, 4.69) is 22.0 Å². The van der Waals surface area contributed by atoms with E-state index in [0.29, 0.717) is 19.5 Å². The van der Waals surface area contributed by atoms with Crippen LogP contribution in [0.25, 0.3) is 10.9 Å². The number of fused-ring (bicyclic) bond motifs is 4. The highest BCUT2D eigenvalue weighted by atomic mass is 16.5. The van der Waals surface area contributed by atoms with Crippen molar-refractivity contribution in [2.75, 3.05) is 33.3 Å². The predicted octanol–water partition coefficient (Wildman–Crippen LogP) is 4.11. The monoisotopic (exact) mass is 470 g/mol. The van der Waals surface area contributed by atoms with Crippen LogP contribution in [-0.2, 0) is 11.2 Å². The molecular weight excluding hydrogens is 440 g/mol. The number of hydrogen-bond donors (Lipinski definition) is 1. The zero-order chi connectivity index (χ0) is 24.2. The SMILES string of the molecule is COc1ccc2[nH]c3c(c2c1)C[C@@]1(C)C(=O)N(CCN2CC=CCC2)C(=O)N1[C@@H]3c1ccccc1. The Morgan fingerprint density at radius 2 is 1.91 bits per heavy atom. The molecule has 0 radical (unpaired) electrons. The summed E-state index contributed by atoms with van der Waals surface area (Å²) in [5.74, 6) is 0.660. The third kappa shape index (κ3) is 3.37. The number of methoxy groups -OCH3 is 1. The maximum absolute atomic E-state index is 13.9. The molecule has 1 saturated heterocycles. The van der Waals surface area contributed by atoms with E-state index in [-0.39, 0.29) is 18.0 Å². The number of urea groups is 1. The maximum atomic E-state index is 13.9. The number of carbonyl (C=O) groups is 2. The van der Waals surface area contributed by atoms with Crippen molar-refractivity contribution in [1.29, 1.82) is 0 Å². The molecule has 0 unspecified atom stereocenters. The Labute approximate surface area is 204 Å². The minimum atomic E-state index is -0.954. The fourth-order valence-corrected chi connectivity index (χ4v) is 5.93. The molecule has 3 aromatic rings. The second-order valence-electron chi connectivity index (χ2n) is 9.86. The van der Waals surface area contributed by atoms with Crippen molar-refractivity contribution in [2.45, 2.75) is 31.3 Å². The molecule has 180 valence electrons. The zero-order valence-electron chi connectivity index (χ0n) is 20.2. The smallest absolute Gasteiger partial charge is 0.328 e. The second-order valence-corrected chi connectivity index (χ2v) is 9.86. The van der Waals surface area contributed by atoms with Gasteiger partial charge in [0.05, 0.1) is 7.11 Å². The molecule has 2 atom stereocenters. The van der Waals surface area contributed by atoms with E-state index >= 15 is 0 Å². The van der Waals surface area contributed by atoms with Crippen molar-refractivity contribution < 1.29 is 14.3 Å². The maximum Gasteiger partial charge on any atom is 0.328 e. The van der Waals surface area contributed by atoms with Gasteiger partial charge in [0.15, 0.2) is 0 Å². The van der Waals surface area contributed by atoms with Crippen molar-refractivity contribution in [3.63, 3.8) is 0 Å². The molecule has 0 bridgehead atoms. The van der Waals surface area contributed by atoms with Gasteiger partial charge in [0, 0.05) is 49.2 Å². The number of aromatic amines is 1. The second kappa shape index (κ2) is 8.27. The molecule has 7 heteroatoms. The summed E-state index contributed by atoms with van der Waals surface area (Å²) < 4.78 is 5.49. The van der Waals surface area contributed by atoms with E-state index in [0.717, 1.165) is 53.0 Å². The Morgan fingerprint density at radius 3 is 2.66 bits per heavy atom. The lowest BCUT2D eigenvalue weighted by molar-refractivity contribution is -0.133. The normalized spacial score (nSPS) is 24.2. The Hall–Kier alpha value is -3.58. The number of ether oxygens (including phenoxy) is 1. The van der Waals surface area contributed by atoms with Crippen molar-refractivity contribution in [3.05, 3.63) is 77.5 Å². The topological polar surface area (TPSA) is 68.9 Å². The number of aromatic nitrogens is 1. The molecule has 7 nitrogen and oxygen atoms in total. The van der Waals surface area contributed by atoms with E-state index in [9.17, 15) is 9.59 Å². The molecule has 2 aromatic carbocycles. The number of imide groups is 1. The van der Waals surface area contributed by atoms with Crippen LogP contribution >= 0.6 is 0 Å². The van der Waals surface area contributed by atoms with Crippen molar-refractivity contribution in [3.8, 4) is 5.75 Å². The lowest BCUT2D eigenvalue weighted by Gasteiger charge is -2.42. The quantitative estimate of drug-likeness (QED) is 0.450. The number of nitrogens with one attached hydrogen (secondary N) is 1.